The standard InChI is InChI=1S/C33H37Cl2FN4O4/c1-18(16-41)38-30(42)19-9-12-25(26(13-19)44-5)39-31(43)29-28(21-7-6-8-23(21)35)33(17-37,27(40-29)15-32(2,3)4)22-11-10-20(34)14-24(22)36/h6-14,18,21,27-29,40-41H,15-16H2,1-5H3,(H,38,42)(H,39,43)/t18?,21?,27-,28?,29+,33-/m0/s1. The van der Waals surface area contributed by atoms with Crippen molar-refractivity contribution in [3.8, 4) is 11.8 Å². The minimum absolute atomic E-state index is 0.140. The Kier molecular flexibility index (Phi) is 10.1. The summed E-state index contributed by atoms with van der Waals surface area (Å²) in [6.07, 6.45) is 5.75. The number of ether oxygens (including phenoxy) is 1. The van der Waals surface area contributed by atoms with Gasteiger partial charge >= 0.3 is 0 Å². The van der Waals surface area contributed by atoms with Crippen LogP contribution in [0.5, 0.6) is 5.75 Å². The molecular formula is C33H37Cl2FN4O4. The van der Waals surface area contributed by atoms with Crippen LogP contribution in [-0.2, 0) is 10.2 Å². The summed E-state index contributed by atoms with van der Waals surface area (Å²) in [4.78, 5) is 26.8. The van der Waals surface area contributed by atoms with Gasteiger partial charge in [-0.15, -0.1) is 0 Å². The third kappa shape index (κ3) is 6.64. The highest BCUT2D eigenvalue weighted by molar-refractivity contribution is 6.30. The molecule has 2 amide bonds. The Morgan fingerprint density at radius 1 is 1.23 bits per heavy atom. The van der Waals surface area contributed by atoms with Gasteiger partial charge in [0.15, 0.2) is 0 Å². The number of nitrogens with one attached hydrogen (secondary N) is 3. The monoisotopic (exact) mass is 642 g/mol. The molecule has 2 aromatic carbocycles. The molecule has 0 saturated carbocycles. The topological polar surface area (TPSA) is 123 Å². The summed E-state index contributed by atoms with van der Waals surface area (Å²) in [6.45, 7) is 7.50. The van der Waals surface area contributed by atoms with E-state index in [4.69, 9.17) is 27.9 Å². The Morgan fingerprint density at radius 2 is 1.95 bits per heavy atom. The van der Waals surface area contributed by atoms with Gasteiger partial charge in [-0.3, -0.25) is 9.59 Å². The van der Waals surface area contributed by atoms with Crippen LogP contribution in [0.4, 0.5) is 10.1 Å². The zero-order chi connectivity index (χ0) is 32.4. The van der Waals surface area contributed by atoms with Gasteiger partial charge in [-0.05, 0) is 55.2 Å². The fourth-order valence-corrected chi connectivity index (χ4v) is 6.61. The lowest BCUT2D eigenvalue weighted by molar-refractivity contribution is -0.119. The molecular weight excluding hydrogens is 606 g/mol. The number of allylic oxidation sites excluding steroid dienone is 4. The first-order valence-electron chi connectivity index (χ1n) is 14.3. The average Bonchev–Trinajstić information content (AvgIpc) is 3.52. The Balaban J connectivity index is 1.79. The third-order valence-corrected chi connectivity index (χ3v) is 8.74. The number of halogens is 3. The number of methoxy groups -OCH3 is 1. The highest BCUT2D eigenvalue weighted by atomic mass is 35.5. The maximum atomic E-state index is 15.8. The summed E-state index contributed by atoms with van der Waals surface area (Å²) in [6, 6.07) is 9.20. The second-order valence-electron chi connectivity index (χ2n) is 12.5. The van der Waals surface area contributed by atoms with Crippen molar-refractivity contribution in [2.75, 3.05) is 19.0 Å². The van der Waals surface area contributed by atoms with E-state index in [1.807, 2.05) is 26.8 Å². The van der Waals surface area contributed by atoms with Gasteiger partial charge in [0, 0.05) is 45.1 Å². The maximum absolute atomic E-state index is 15.8. The highest BCUT2D eigenvalue weighted by Crippen LogP contribution is 2.53. The van der Waals surface area contributed by atoms with Gasteiger partial charge in [0.2, 0.25) is 5.91 Å². The fraction of sp³-hybridized carbons (Fsp3) is 0.424. The second-order valence-corrected chi connectivity index (χ2v) is 13.4. The van der Waals surface area contributed by atoms with E-state index in [0.717, 1.165) is 0 Å². The number of aliphatic hydroxyl groups excluding tert-OH is 1. The molecule has 4 N–H and O–H groups in total. The van der Waals surface area contributed by atoms with E-state index in [2.05, 4.69) is 22.0 Å². The quantitative estimate of drug-likeness (QED) is 0.278. The van der Waals surface area contributed by atoms with E-state index < -0.39 is 53.0 Å². The number of hydrogen-bond donors (Lipinski definition) is 4. The number of aliphatic hydroxyl groups is 1. The summed E-state index contributed by atoms with van der Waals surface area (Å²) in [7, 11) is 1.41. The number of nitrogens with zero attached hydrogens (tertiary/aromatic N) is 1. The van der Waals surface area contributed by atoms with Crippen molar-refractivity contribution in [1.29, 1.82) is 5.26 Å². The van der Waals surface area contributed by atoms with Gasteiger partial charge in [0.05, 0.1) is 31.5 Å². The van der Waals surface area contributed by atoms with Crippen LogP contribution in [-0.4, -0.2) is 48.8 Å². The molecule has 3 unspecified atom stereocenters. The van der Waals surface area contributed by atoms with Gasteiger partial charge in [-0.25, -0.2) is 4.39 Å². The molecule has 0 radical (unpaired) electrons. The Labute approximate surface area is 267 Å². The number of amides is 2. The van der Waals surface area contributed by atoms with Crippen molar-refractivity contribution in [2.24, 2.45) is 17.3 Å². The average molecular weight is 644 g/mol. The zero-order valence-corrected chi connectivity index (χ0v) is 26.8. The molecule has 6 atom stereocenters. The molecule has 1 aliphatic carbocycles. The minimum atomic E-state index is -1.51. The van der Waals surface area contributed by atoms with Crippen LogP contribution in [0.2, 0.25) is 5.02 Å². The maximum Gasteiger partial charge on any atom is 0.251 e. The SMILES string of the molecule is COc1cc(C(=O)NC(C)CO)ccc1NC(=O)[C@@H]1N[C@@H](CC(C)(C)C)[C@](C#N)(c2ccc(Cl)cc2F)C1C1C=CC=C1Cl. The van der Waals surface area contributed by atoms with E-state index in [1.54, 1.807) is 31.2 Å². The van der Waals surface area contributed by atoms with Crippen LogP contribution in [0.3, 0.4) is 0 Å². The van der Waals surface area contributed by atoms with Crippen molar-refractivity contribution in [1.82, 2.24) is 10.6 Å². The van der Waals surface area contributed by atoms with E-state index in [0.29, 0.717) is 17.1 Å². The van der Waals surface area contributed by atoms with Gasteiger partial charge < -0.3 is 25.8 Å². The molecule has 0 bridgehead atoms. The molecule has 2 aliphatic rings. The summed E-state index contributed by atoms with van der Waals surface area (Å²) in [5.74, 6) is -2.66. The first kappa shape index (κ1) is 33.5. The summed E-state index contributed by atoms with van der Waals surface area (Å²) < 4.78 is 21.3. The third-order valence-electron chi connectivity index (χ3n) is 8.13. The van der Waals surface area contributed by atoms with Crippen LogP contribution in [0.25, 0.3) is 0 Å². The van der Waals surface area contributed by atoms with Crippen LogP contribution < -0.4 is 20.7 Å². The van der Waals surface area contributed by atoms with Crippen molar-refractivity contribution < 1.29 is 23.8 Å². The van der Waals surface area contributed by atoms with Gasteiger partial charge in [0.1, 0.15) is 17.0 Å². The largest absolute Gasteiger partial charge is 0.495 e. The van der Waals surface area contributed by atoms with Crippen molar-refractivity contribution in [2.45, 2.75) is 57.7 Å². The molecule has 8 nitrogen and oxygen atoms in total. The fourth-order valence-electron chi connectivity index (χ4n) is 6.17. The van der Waals surface area contributed by atoms with Crippen LogP contribution >= 0.6 is 23.2 Å². The molecule has 44 heavy (non-hydrogen) atoms. The summed E-state index contributed by atoms with van der Waals surface area (Å²) in [5.41, 5.74) is -1.09. The number of nitriles is 1. The number of benzene rings is 2. The van der Waals surface area contributed by atoms with E-state index in [1.165, 1.54) is 31.4 Å². The predicted octanol–water partition coefficient (Wildman–Crippen LogP) is 5.70. The molecule has 11 heteroatoms. The van der Waals surface area contributed by atoms with Crippen LogP contribution in [0, 0.1) is 34.4 Å². The van der Waals surface area contributed by atoms with E-state index >= 15 is 4.39 Å². The zero-order valence-electron chi connectivity index (χ0n) is 25.3. The smallest absolute Gasteiger partial charge is 0.251 e. The lowest BCUT2D eigenvalue weighted by Crippen LogP contribution is -2.47. The van der Waals surface area contributed by atoms with Crippen molar-refractivity contribution in [3.63, 3.8) is 0 Å². The number of carbonyl (C=O) groups is 2. The number of carbonyl (C=O) groups excluding carboxylic acids is 2. The van der Waals surface area contributed by atoms with Crippen molar-refractivity contribution >= 4 is 40.7 Å². The lowest BCUT2D eigenvalue weighted by Gasteiger charge is -2.39. The van der Waals surface area contributed by atoms with Gasteiger partial charge in [-0.1, -0.05) is 62.2 Å². The van der Waals surface area contributed by atoms with E-state index in [9.17, 15) is 20.0 Å². The predicted molar refractivity (Wildman–Crippen MR) is 169 cm³/mol. The van der Waals surface area contributed by atoms with Gasteiger partial charge in [0.25, 0.3) is 5.91 Å². The lowest BCUT2D eigenvalue weighted by atomic mass is 9.61. The Morgan fingerprint density at radius 3 is 2.52 bits per heavy atom. The molecule has 1 fully saturated rings. The van der Waals surface area contributed by atoms with Crippen LogP contribution in [0.15, 0.2) is 59.7 Å². The highest BCUT2D eigenvalue weighted by Gasteiger charge is 2.62. The minimum Gasteiger partial charge on any atom is -0.495 e. The molecule has 2 aromatic rings. The summed E-state index contributed by atoms with van der Waals surface area (Å²) >= 11 is 12.8. The molecule has 4 rings (SSSR count). The van der Waals surface area contributed by atoms with Crippen LogP contribution in [0.1, 0.15) is 50.0 Å². The molecule has 1 heterocycles. The number of hydrogen-bond acceptors (Lipinski definition) is 6. The molecule has 1 aliphatic heterocycles. The molecule has 0 spiro atoms. The number of rotatable bonds is 9. The Bertz CT molecular complexity index is 1530. The Hall–Kier alpha value is -3.42. The molecule has 0 aromatic heterocycles. The number of anilines is 1. The summed E-state index contributed by atoms with van der Waals surface area (Å²) in [5, 5.41) is 29.9. The second kappa shape index (κ2) is 13.3. The first-order valence-corrected chi connectivity index (χ1v) is 15.1. The van der Waals surface area contributed by atoms with Crippen molar-refractivity contribution in [3.05, 3.63) is 81.6 Å². The van der Waals surface area contributed by atoms with Gasteiger partial charge in [-0.2, -0.15) is 5.26 Å². The molecule has 234 valence electrons. The first-order chi connectivity index (χ1) is 20.7. The molecule has 1 saturated heterocycles. The van der Waals surface area contributed by atoms with E-state index in [-0.39, 0.29) is 33.9 Å². The normalized spacial score (nSPS) is 25.2.